The van der Waals surface area contributed by atoms with E-state index in [1.165, 1.54) is 0 Å². The van der Waals surface area contributed by atoms with E-state index in [-0.39, 0.29) is 29.6 Å². The van der Waals surface area contributed by atoms with Crippen molar-refractivity contribution in [2.45, 2.75) is 33.2 Å². The first-order valence-corrected chi connectivity index (χ1v) is 10.1. The van der Waals surface area contributed by atoms with Crippen molar-refractivity contribution in [2.24, 2.45) is 0 Å². The molecule has 2 rings (SSSR count). The van der Waals surface area contributed by atoms with E-state index in [4.69, 9.17) is 16.3 Å². The van der Waals surface area contributed by atoms with Crippen LogP contribution in [-0.2, 0) is 16.1 Å². The van der Waals surface area contributed by atoms with Gasteiger partial charge in [0.2, 0.25) is 0 Å². The van der Waals surface area contributed by atoms with Crippen molar-refractivity contribution >= 4 is 17.6 Å². The second-order valence-corrected chi connectivity index (χ2v) is 7.28. The van der Waals surface area contributed by atoms with Crippen LogP contribution in [0.2, 0.25) is 5.15 Å². The van der Waals surface area contributed by atoms with Gasteiger partial charge in [-0.2, -0.15) is 0 Å². The Morgan fingerprint density at radius 1 is 1.41 bits per heavy atom. The molecule has 0 radical (unpaired) electrons. The molecule has 1 aliphatic heterocycles. The molecular formula is C19H28ClN5O4. The summed E-state index contributed by atoms with van der Waals surface area (Å²) >= 11 is 5.84. The summed E-state index contributed by atoms with van der Waals surface area (Å²) in [6.07, 6.45) is 2.66. The molecule has 0 bridgehead atoms. The number of esters is 1. The van der Waals surface area contributed by atoms with Gasteiger partial charge in [0.1, 0.15) is 5.15 Å². The molecule has 10 heteroatoms. The molecule has 1 aliphatic rings. The van der Waals surface area contributed by atoms with Gasteiger partial charge in [-0.05, 0) is 25.0 Å². The average Bonchev–Trinajstić information content (AvgIpc) is 2.70. The third-order valence-electron chi connectivity index (χ3n) is 4.57. The van der Waals surface area contributed by atoms with Crippen LogP contribution in [0.1, 0.15) is 32.3 Å². The molecule has 1 aromatic rings. The third kappa shape index (κ3) is 6.57. The molecule has 9 nitrogen and oxygen atoms in total. The summed E-state index contributed by atoms with van der Waals surface area (Å²) < 4.78 is 5.09. The Morgan fingerprint density at radius 2 is 2.17 bits per heavy atom. The normalized spacial score (nSPS) is 14.8. The van der Waals surface area contributed by atoms with Crippen LogP contribution in [0.3, 0.4) is 0 Å². The van der Waals surface area contributed by atoms with Gasteiger partial charge >= 0.3 is 5.97 Å². The molecule has 0 fully saturated rings. The fraction of sp³-hybridized carbons (Fsp3) is 0.579. The van der Waals surface area contributed by atoms with E-state index in [1.54, 1.807) is 12.3 Å². The summed E-state index contributed by atoms with van der Waals surface area (Å²) in [6.45, 7) is 6.44. The highest BCUT2D eigenvalue weighted by molar-refractivity contribution is 6.29. The van der Waals surface area contributed by atoms with E-state index in [2.05, 4.69) is 4.98 Å². The summed E-state index contributed by atoms with van der Waals surface area (Å²) in [5, 5.41) is 12.2. The predicted octanol–water partition coefficient (Wildman–Crippen LogP) is 2.55. The van der Waals surface area contributed by atoms with Crippen molar-refractivity contribution in [1.82, 2.24) is 19.7 Å². The Balaban J connectivity index is 2.14. The number of nitro groups is 1. The summed E-state index contributed by atoms with van der Waals surface area (Å²) in [6, 6.07) is 3.57. The minimum Gasteiger partial charge on any atom is -0.466 e. The number of pyridine rings is 1. The van der Waals surface area contributed by atoms with Crippen molar-refractivity contribution < 1.29 is 14.5 Å². The molecule has 2 heterocycles. The van der Waals surface area contributed by atoms with Gasteiger partial charge in [0, 0.05) is 32.9 Å². The molecule has 0 aromatic carbocycles. The van der Waals surface area contributed by atoms with Crippen molar-refractivity contribution in [2.75, 3.05) is 40.0 Å². The lowest BCUT2D eigenvalue weighted by molar-refractivity contribution is -0.433. The molecule has 0 unspecified atom stereocenters. The Labute approximate surface area is 176 Å². The zero-order valence-electron chi connectivity index (χ0n) is 17.1. The number of nitrogens with zero attached hydrogens (tertiary/aromatic N) is 5. The summed E-state index contributed by atoms with van der Waals surface area (Å²) in [4.78, 5) is 33.0. The second kappa shape index (κ2) is 11.0. The SMILES string of the molecule is CCCOC(=O)CCN1CC([N+](=O)[O-])=C(N(CC)Cc2ccc(Cl)nc2)N(C)C1. The molecule has 0 spiro atoms. The first kappa shape index (κ1) is 22.9. The maximum absolute atomic E-state index is 11.8. The highest BCUT2D eigenvalue weighted by atomic mass is 35.5. The largest absolute Gasteiger partial charge is 0.466 e. The molecule has 0 saturated heterocycles. The first-order chi connectivity index (χ1) is 13.8. The van der Waals surface area contributed by atoms with Crippen LogP contribution < -0.4 is 0 Å². The Kier molecular flexibility index (Phi) is 8.66. The van der Waals surface area contributed by atoms with Crippen LogP contribution in [0.5, 0.6) is 0 Å². The van der Waals surface area contributed by atoms with Crippen molar-refractivity contribution in [3.63, 3.8) is 0 Å². The molecule has 29 heavy (non-hydrogen) atoms. The third-order valence-corrected chi connectivity index (χ3v) is 4.79. The lowest BCUT2D eigenvalue weighted by atomic mass is 10.2. The lowest BCUT2D eigenvalue weighted by Gasteiger charge is -2.39. The van der Waals surface area contributed by atoms with E-state index >= 15 is 0 Å². The molecular weight excluding hydrogens is 398 g/mol. The molecule has 1 aromatic heterocycles. The van der Waals surface area contributed by atoms with Crippen LogP contribution in [0.4, 0.5) is 0 Å². The number of ether oxygens (including phenoxy) is 1. The smallest absolute Gasteiger partial charge is 0.307 e. The van der Waals surface area contributed by atoms with E-state index < -0.39 is 0 Å². The maximum atomic E-state index is 11.8. The fourth-order valence-corrected chi connectivity index (χ4v) is 3.34. The Bertz CT molecular complexity index is 741. The fourth-order valence-electron chi connectivity index (χ4n) is 3.23. The Hall–Kier alpha value is -2.39. The summed E-state index contributed by atoms with van der Waals surface area (Å²) in [7, 11) is 1.82. The van der Waals surface area contributed by atoms with Gasteiger partial charge in [-0.25, -0.2) is 4.98 Å². The van der Waals surface area contributed by atoms with Crippen LogP contribution >= 0.6 is 11.6 Å². The number of halogens is 1. The predicted molar refractivity (Wildman–Crippen MR) is 109 cm³/mol. The quantitative estimate of drug-likeness (QED) is 0.244. The van der Waals surface area contributed by atoms with Gasteiger partial charge in [0.15, 0.2) is 5.82 Å². The zero-order chi connectivity index (χ0) is 21.4. The minimum atomic E-state index is -0.337. The van der Waals surface area contributed by atoms with Gasteiger partial charge in [-0.1, -0.05) is 24.6 Å². The van der Waals surface area contributed by atoms with Crippen molar-refractivity contribution in [1.29, 1.82) is 0 Å². The number of hydrogen-bond acceptors (Lipinski definition) is 8. The molecule has 0 N–H and O–H groups in total. The molecule has 160 valence electrons. The number of rotatable bonds is 10. The van der Waals surface area contributed by atoms with Crippen LogP contribution in [0.15, 0.2) is 29.8 Å². The lowest BCUT2D eigenvalue weighted by Crippen LogP contribution is -2.48. The van der Waals surface area contributed by atoms with Gasteiger partial charge in [-0.15, -0.1) is 0 Å². The number of hydrogen-bond donors (Lipinski definition) is 0. The molecule has 0 amide bonds. The number of carbonyl (C=O) groups excluding carboxylic acids is 1. The highest BCUT2D eigenvalue weighted by Crippen LogP contribution is 2.23. The molecule has 0 saturated carbocycles. The van der Waals surface area contributed by atoms with Gasteiger partial charge in [0.05, 0.1) is 31.2 Å². The summed E-state index contributed by atoms with van der Waals surface area (Å²) in [5.74, 6) is 0.301. The van der Waals surface area contributed by atoms with Gasteiger partial charge < -0.3 is 14.5 Å². The topological polar surface area (TPSA) is 92.0 Å². The zero-order valence-corrected chi connectivity index (χ0v) is 17.9. The van der Waals surface area contributed by atoms with Crippen molar-refractivity contribution in [3.8, 4) is 0 Å². The average molecular weight is 426 g/mol. The van der Waals surface area contributed by atoms with E-state index in [0.717, 1.165) is 12.0 Å². The second-order valence-electron chi connectivity index (χ2n) is 6.89. The maximum Gasteiger partial charge on any atom is 0.307 e. The highest BCUT2D eigenvalue weighted by Gasteiger charge is 2.33. The first-order valence-electron chi connectivity index (χ1n) is 9.67. The van der Waals surface area contributed by atoms with E-state index in [1.807, 2.05) is 41.7 Å². The number of aromatic nitrogens is 1. The van der Waals surface area contributed by atoms with Gasteiger partial charge in [0.25, 0.3) is 5.70 Å². The number of carbonyl (C=O) groups is 1. The van der Waals surface area contributed by atoms with E-state index in [9.17, 15) is 14.9 Å². The standard InChI is InChI=1S/C19H28ClN5O4/c1-4-10-29-18(26)8-9-23-13-16(25(27)28)19(22(3)14-23)24(5-2)12-15-6-7-17(20)21-11-15/h6-7,11H,4-5,8-10,12-14H2,1-3H3. The minimum absolute atomic E-state index is 0.115. The van der Waals surface area contributed by atoms with Crippen LogP contribution in [0, 0.1) is 10.1 Å². The van der Waals surface area contributed by atoms with Crippen LogP contribution in [-0.4, -0.2) is 70.5 Å². The van der Waals surface area contributed by atoms with Crippen molar-refractivity contribution in [3.05, 3.63) is 50.7 Å². The van der Waals surface area contributed by atoms with Crippen LogP contribution in [0.25, 0.3) is 0 Å². The summed E-state index contributed by atoms with van der Waals surface area (Å²) in [5.41, 5.74) is 1.03. The van der Waals surface area contributed by atoms with E-state index in [0.29, 0.717) is 43.9 Å². The van der Waals surface area contributed by atoms with Gasteiger partial charge in [-0.3, -0.25) is 19.8 Å². The molecule has 0 aliphatic carbocycles. The Morgan fingerprint density at radius 3 is 2.76 bits per heavy atom. The monoisotopic (exact) mass is 425 g/mol. The molecule has 0 atom stereocenters.